The second-order valence-corrected chi connectivity index (χ2v) is 4.76. The van der Waals surface area contributed by atoms with Gasteiger partial charge in [-0.25, -0.2) is 4.98 Å². The van der Waals surface area contributed by atoms with Crippen LogP contribution in [0.25, 0.3) is 0 Å². The van der Waals surface area contributed by atoms with Crippen molar-refractivity contribution in [2.75, 3.05) is 10.6 Å². The Balaban J connectivity index is 2.04. The second kappa shape index (κ2) is 6.62. The van der Waals surface area contributed by atoms with E-state index in [0.717, 1.165) is 5.56 Å². The van der Waals surface area contributed by atoms with E-state index in [1.54, 1.807) is 36.5 Å². The Morgan fingerprint density at radius 2 is 1.73 bits per heavy atom. The monoisotopic (exact) mass is 297 g/mol. The fourth-order valence-electron chi connectivity index (χ4n) is 1.78. The van der Waals surface area contributed by atoms with Gasteiger partial charge in [0.2, 0.25) is 0 Å². The Kier molecular flexibility index (Phi) is 4.63. The molecule has 2 rings (SSSR count). The normalized spacial score (nSPS) is 9.91. The number of rotatable bonds is 3. The lowest BCUT2D eigenvalue weighted by atomic mass is 10.1. The second-order valence-electron chi connectivity index (χ2n) is 4.76. The number of aryl methyl sites for hydroxylation is 1. The zero-order chi connectivity index (χ0) is 16.1. The zero-order valence-corrected chi connectivity index (χ0v) is 12.2. The summed E-state index contributed by atoms with van der Waals surface area (Å²) in [6.45, 7) is 3.28. The standard InChI is InChI=1S/C16H15N3O3/c1-10-6-7-17-14(8-10)19-16(22)15(21)18-13-5-3-4-12(9-13)11(2)20/h3-9H,1-2H3,(H,18,21)(H,17,19,22). The minimum Gasteiger partial charge on any atom is -0.318 e. The van der Waals surface area contributed by atoms with Gasteiger partial charge in [-0.1, -0.05) is 12.1 Å². The molecule has 0 fully saturated rings. The molecule has 2 N–H and O–H groups in total. The lowest BCUT2D eigenvalue weighted by molar-refractivity contribution is -0.133. The summed E-state index contributed by atoms with van der Waals surface area (Å²) >= 11 is 0. The van der Waals surface area contributed by atoms with Crippen molar-refractivity contribution in [3.8, 4) is 0 Å². The van der Waals surface area contributed by atoms with Crippen LogP contribution in [-0.2, 0) is 9.59 Å². The fourth-order valence-corrected chi connectivity index (χ4v) is 1.78. The third-order valence-corrected chi connectivity index (χ3v) is 2.89. The number of amides is 2. The topological polar surface area (TPSA) is 88.2 Å². The van der Waals surface area contributed by atoms with E-state index in [1.165, 1.54) is 13.0 Å². The first-order chi connectivity index (χ1) is 10.5. The molecule has 1 aromatic carbocycles. The van der Waals surface area contributed by atoms with Crippen molar-refractivity contribution in [3.05, 3.63) is 53.7 Å². The van der Waals surface area contributed by atoms with E-state index < -0.39 is 11.8 Å². The zero-order valence-electron chi connectivity index (χ0n) is 12.2. The summed E-state index contributed by atoms with van der Waals surface area (Å²) in [7, 11) is 0. The average molecular weight is 297 g/mol. The number of anilines is 2. The lowest BCUT2D eigenvalue weighted by Gasteiger charge is -2.07. The van der Waals surface area contributed by atoms with E-state index in [9.17, 15) is 14.4 Å². The van der Waals surface area contributed by atoms with Crippen molar-refractivity contribution < 1.29 is 14.4 Å². The van der Waals surface area contributed by atoms with Crippen LogP contribution < -0.4 is 10.6 Å². The molecule has 0 spiro atoms. The largest absolute Gasteiger partial charge is 0.318 e. The highest BCUT2D eigenvalue weighted by Crippen LogP contribution is 2.11. The number of pyridine rings is 1. The van der Waals surface area contributed by atoms with Gasteiger partial charge >= 0.3 is 11.8 Å². The third kappa shape index (κ3) is 3.99. The number of ketones is 1. The molecule has 1 aromatic heterocycles. The van der Waals surface area contributed by atoms with Gasteiger partial charge in [0.05, 0.1) is 0 Å². The van der Waals surface area contributed by atoms with Crippen LogP contribution in [0.3, 0.4) is 0 Å². The molecule has 0 aliphatic heterocycles. The van der Waals surface area contributed by atoms with E-state index in [0.29, 0.717) is 17.1 Å². The Morgan fingerprint density at radius 3 is 2.41 bits per heavy atom. The summed E-state index contributed by atoms with van der Waals surface area (Å²) in [5.41, 5.74) is 1.75. The fraction of sp³-hybridized carbons (Fsp3) is 0.125. The maximum Gasteiger partial charge on any atom is 0.315 e. The van der Waals surface area contributed by atoms with Crippen LogP contribution in [0.15, 0.2) is 42.6 Å². The number of hydrogen-bond donors (Lipinski definition) is 2. The van der Waals surface area contributed by atoms with Crippen LogP contribution >= 0.6 is 0 Å². The molecule has 0 radical (unpaired) electrons. The first kappa shape index (κ1) is 15.4. The van der Waals surface area contributed by atoms with Gasteiger partial charge in [0, 0.05) is 17.4 Å². The molecule has 2 amide bonds. The first-order valence-electron chi connectivity index (χ1n) is 6.61. The van der Waals surface area contributed by atoms with Gasteiger partial charge in [0.15, 0.2) is 5.78 Å². The maximum atomic E-state index is 11.8. The molecule has 0 saturated heterocycles. The van der Waals surface area contributed by atoms with Crippen LogP contribution in [-0.4, -0.2) is 22.6 Å². The van der Waals surface area contributed by atoms with Crippen molar-refractivity contribution in [3.63, 3.8) is 0 Å². The molecule has 0 saturated carbocycles. The van der Waals surface area contributed by atoms with E-state index in [-0.39, 0.29) is 5.78 Å². The summed E-state index contributed by atoms with van der Waals surface area (Å²) in [5.74, 6) is -1.47. The Bertz CT molecular complexity index is 741. The molecular weight excluding hydrogens is 282 g/mol. The van der Waals surface area contributed by atoms with E-state index in [1.807, 2.05) is 6.92 Å². The van der Waals surface area contributed by atoms with Crippen molar-refractivity contribution in [2.45, 2.75) is 13.8 Å². The molecule has 6 heteroatoms. The Morgan fingerprint density at radius 1 is 1.00 bits per heavy atom. The number of nitrogens with one attached hydrogen (secondary N) is 2. The Hall–Kier alpha value is -3.02. The van der Waals surface area contributed by atoms with E-state index in [4.69, 9.17) is 0 Å². The smallest absolute Gasteiger partial charge is 0.315 e. The highest BCUT2D eigenvalue weighted by molar-refractivity contribution is 6.43. The quantitative estimate of drug-likeness (QED) is 0.671. The molecule has 22 heavy (non-hydrogen) atoms. The predicted molar refractivity (Wildman–Crippen MR) is 82.7 cm³/mol. The van der Waals surface area contributed by atoms with Crippen LogP contribution in [0.1, 0.15) is 22.8 Å². The Labute approximate surface area is 127 Å². The van der Waals surface area contributed by atoms with Crippen molar-refractivity contribution in [1.29, 1.82) is 0 Å². The molecule has 6 nitrogen and oxygen atoms in total. The van der Waals surface area contributed by atoms with Gasteiger partial charge in [0.25, 0.3) is 0 Å². The minimum atomic E-state index is -0.830. The number of aromatic nitrogens is 1. The molecule has 0 atom stereocenters. The average Bonchev–Trinajstić information content (AvgIpc) is 2.47. The SMILES string of the molecule is CC(=O)c1cccc(NC(=O)C(=O)Nc2cc(C)ccn2)c1. The lowest BCUT2D eigenvalue weighted by Crippen LogP contribution is -2.29. The van der Waals surface area contributed by atoms with Crippen molar-refractivity contribution >= 4 is 29.1 Å². The van der Waals surface area contributed by atoms with Gasteiger partial charge in [-0.05, 0) is 43.7 Å². The summed E-state index contributed by atoms with van der Waals surface area (Å²) in [6.07, 6.45) is 1.54. The van der Waals surface area contributed by atoms with Crippen LogP contribution in [0, 0.1) is 6.92 Å². The van der Waals surface area contributed by atoms with Crippen LogP contribution in [0.2, 0.25) is 0 Å². The van der Waals surface area contributed by atoms with E-state index >= 15 is 0 Å². The highest BCUT2D eigenvalue weighted by atomic mass is 16.2. The summed E-state index contributed by atoms with van der Waals surface area (Å²) in [5, 5.41) is 4.85. The van der Waals surface area contributed by atoms with Crippen LogP contribution in [0.4, 0.5) is 11.5 Å². The molecular formula is C16H15N3O3. The minimum absolute atomic E-state index is 0.121. The summed E-state index contributed by atoms with van der Waals surface area (Å²) < 4.78 is 0. The van der Waals surface area contributed by atoms with Gasteiger partial charge in [0.1, 0.15) is 5.82 Å². The summed E-state index contributed by atoms with van der Waals surface area (Å²) in [4.78, 5) is 38.9. The number of hydrogen-bond acceptors (Lipinski definition) is 4. The molecule has 1 heterocycles. The van der Waals surface area contributed by atoms with Gasteiger partial charge in [-0.3, -0.25) is 14.4 Å². The number of benzene rings is 1. The number of carbonyl (C=O) groups is 3. The van der Waals surface area contributed by atoms with Gasteiger partial charge < -0.3 is 10.6 Å². The first-order valence-corrected chi connectivity index (χ1v) is 6.61. The molecule has 0 aliphatic carbocycles. The molecule has 112 valence electrons. The molecule has 2 aromatic rings. The number of nitrogens with zero attached hydrogens (tertiary/aromatic N) is 1. The number of Topliss-reactive ketones (excluding diaryl/α,β-unsaturated/α-hetero) is 1. The maximum absolute atomic E-state index is 11.8. The highest BCUT2D eigenvalue weighted by Gasteiger charge is 2.15. The number of carbonyl (C=O) groups excluding carboxylic acids is 3. The van der Waals surface area contributed by atoms with Gasteiger partial charge in [-0.2, -0.15) is 0 Å². The van der Waals surface area contributed by atoms with Crippen molar-refractivity contribution in [2.24, 2.45) is 0 Å². The van der Waals surface area contributed by atoms with Gasteiger partial charge in [-0.15, -0.1) is 0 Å². The summed E-state index contributed by atoms with van der Waals surface area (Å²) in [6, 6.07) is 9.81. The predicted octanol–water partition coefficient (Wildman–Crippen LogP) is 2.17. The molecule has 0 unspecified atom stereocenters. The van der Waals surface area contributed by atoms with Crippen molar-refractivity contribution in [1.82, 2.24) is 4.98 Å². The van der Waals surface area contributed by atoms with Crippen LogP contribution in [0.5, 0.6) is 0 Å². The molecule has 0 bridgehead atoms. The molecule has 0 aliphatic rings. The van der Waals surface area contributed by atoms with E-state index in [2.05, 4.69) is 15.6 Å². The third-order valence-electron chi connectivity index (χ3n) is 2.89.